The van der Waals surface area contributed by atoms with Crippen molar-refractivity contribution in [3.63, 3.8) is 0 Å². The maximum absolute atomic E-state index is 12.9. The van der Waals surface area contributed by atoms with Gasteiger partial charge in [0, 0.05) is 49.4 Å². The van der Waals surface area contributed by atoms with Crippen LogP contribution in [0.15, 0.2) is 29.8 Å². The van der Waals surface area contributed by atoms with Crippen LogP contribution in [-0.4, -0.2) is 49.7 Å². The molecule has 31 heavy (non-hydrogen) atoms. The standard InChI is InChI=1S/C26H35ClN2O2/c1-17-5-4-8-26(3)15-24-20(14-22(17)26)21(25(30)31-24)16-28-9-11-29(12-10-28)23-13-19(27)7-6-18(23)2/h6-7,13-14,17,20-21,24H,4-5,8-12,15-16H2,1-3H3/t17-,20+,21+,24-,26+/m1/s1. The number of hydrogen-bond acceptors (Lipinski definition) is 4. The monoisotopic (exact) mass is 442 g/mol. The van der Waals surface area contributed by atoms with E-state index in [-0.39, 0.29) is 29.3 Å². The number of halogens is 1. The molecule has 0 amide bonds. The summed E-state index contributed by atoms with van der Waals surface area (Å²) in [6, 6.07) is 6.12. The van der Waals surface area contributed by atoms with Gasteiger partial charge in [-0.2, -0.15) is 0 Å². The molecule has 5 heteroatoms. The van der Waals surface area contributed by atoms with E-state index in [0.717, 1.165) is 44.2 Å². The van der Waals surface area contributed by atoms with E-state index >= 15 is 0 Å². The smallest absolute Gasteiger partial charge is 0.311 e. The Morgan fingerprint density at radius 2 is 2.00 bits per heavy atom. The number of benzene rings is 1. The van der Waals surface area contributed by atoms with Gasteiger partial charge >= 0.3 is 5.97 Å². The van der Waals surface area contributed by atoms with E-state index in [0.29, 0.717) is 5.92 Å². The van der Waals surface area contributed by atoms with Crippen molar-refractivity contribution in [3.05, 3.63) is 40.4 Å². The van der Waals surface area contributed by atoms with Crippen LogP contribution < -0.4 is 4.90 Å². The topological polar surface area (TPSA) is 32.8 Å². The summed E-state index contributed by atoms with van der Waals surface area (Å²) < 4.78 is 5.95. The lowest BCUT2D eigenvalue weighted by atomic mass is 9.59. The van der Waals surface area contributed by atoms with Crippen LogP contribution in [0, 0.1) is 30.1 Å². The number of hydrogen-bond donors (Lipinski definition) is 0. The van der Waals surface area contributed by atoms with Gasteiger partial charge < -0.3 is 9.64 Å². The largest absolute Gasteiger partial charge is 0.461 e. The van der Waals surface area contributed by atoms with E-state index in [4.69, 9.17) is 16.3 Å². The van der Waals surface area contributed by atoms with Crippen molar-refractivity contribution in [2.75, 3.05) is 37.6 Å². The zero-order chi connectivity index (χ0) is 21.8. The van der Waals surface area contributed by atoms with Crippen LogP contribution in [0.3, 0.4) is 0 Å². The second-order valence-electron chi connectivity index (χ2n) is 10.6. The van der Waals surface area contributed by atoms with Crippen molar-refractivity contribution in [2.24, 2.45) is 23.2 Å². The number of nitrogens with zero attached hydrogens (tertiary/aromatic N) is 2. The van der Waals surface area contributed by atoms with Crippen LogP contribution in [0.25, 0.3) is 0 Å². The van der Waals surface area contributed by atoms with Gasteiger partial charge in [0.05, 0.1) is 5.92 Å². The molecule has 0 bridgehead atoms. The summed E-state index contributed by atoms with van der Waals surface area (Å²) in [5, 5.41) is 0.789. The average molecular weight is 443 g/mol. The van der Waals surface area contributed by atoms with Crippen molar-refractivity contribution in [1.82, 2.24) is 4.90 Å². The zero-order valence-corrected chi connectivity index (χ0v) is 19.8. The molecular formula is C26H35ClN2O2. The van der Waals surface area contributed by atoms with Gasteiger partial charge in [-0.15, -0.1) is 0 Å². The fourth-order valence-corrected chi connectivity index (χ4v) is 6.80. The van der Waals surface area contributed by atoms with Crippen LogP contribution in [-0.2, 0) is 9.53 Å². The summed E-state index contributed by atoms with van der Waals surface area (Å²) in [6.45, 7) is 11.6. The molecule has 2 aliphatic carbocycles. The van der Waals surface area contributed by atoms with Gasteiger partial charge in [0.1, 0.15) is 6.10 Å². The summed E-state index contributed by atoms with van der Waals surface area (Å²) >= 11 is 6.23. The molecule has 1 aromatic carbocycles. The molecule has 168 valence electrons. The lowest BCUT2D eigenvalue weighted by Crippen LogP contribution is -2.49. The summed E-state index contributed by atoms with van der Waals surface area (Å²) in [5.41, 5.74) is 4.33. The number of allylic oxidation sites excluding steroid dienone is 1. The average Bonchev–Trinajstić information content (AvgIpc) is 3.02. The number of fused-ring (bicyclic) bond motifs is 2. The zero-order valence-electron chi connectivity index (χ0n) is 19.1. The molecule has 2 saturated heterocycles. The number of esters is 1. The van der Waals surface area contributed by atoms with Crippen molar-refractivity contribution in [1.29, 1.82) is 0 Å². The molecular weight excluding hydrogens is 408 g/mol. The number of rotatable bonds is 3. The molecule has 5 rings (SSSR count). The quantitative estimate of drug-likeness (QED) is 0.482. The first-order valence-corrected chi connectivity index (χ1v) is 12.4. The minimum atomic E-state index is -0.0179. The number of carbonyl (C=O) groups is 1. The molecule has 1 aromatic rings. The molecule has 0 N–H and O–H groups in total. The third kappa shape index (κ3) is 3.91. The highest BCUT2D eigenvalue weighted by Crippen LogP contribution is 2.54. The maximum Gasteiger partial charge on any atom is 0.311 e. The summed E-state index contributed by atoms with van der Waals surface area (Å²) in [5.74, 6) is 0.898. The first-order chi connectivity index (χ1) is 14.8. The second-order valence-corrected chi connectivity index (χ2v) is 11.0. The van der Waals surface area contributed by atoms with Crippen LogP contribution >= 0.6 is 11.6 Å². The molecule has 4 nitrogen and oxygen atoms in total. The highest BCUT2D eigenvalue weighted by Gasteiger charge is 2.52. The predicted octanol–water partition coefficient (Wildman–Crippen LogP) is 5.08. The van der Waals surface area contributed by atoms with E-state index in [9.17, 15) is 4.79 Å². The highest BCUT2D eigenvalue weighted by atomic mass is 35.5. The number of anilines is 1. The third-order valence-corrected chi connectivity index (χ3v) is 8.66. The Balaban J connectivity index is 1.27. The van der Waals surface area contributed by atoms with E-state index < -0.39 is 0 Å². The summed E-state index contributed by atoms with van der Waals surface area (Å²) in [4.78, 5) is 17.8. The Bertz CT molecular complexity index is 891. The molecule has 4 aliphatic rings. The second kappa shape index (κ2) is 8.12. The van der Waals surface area contributed by atoms with Gasteiger partial charge in [-0.25, -0.2) is 0 Å². The Hall–Kier alpha value is -1.52. The van der Waals surface area contributed by atoms with Crippen molar-refractivity contribution in [3.8, 4) is 0 Å². The molecule has 2 aliphatic heterocycles. The van der Waals surface area contributed by atoms with Crippen molar-refractivity contribution >= 4 is 23.3 Å². The molecule has 3 fully saturated rings. The molecule has 0 unspecified atom stereocenters. The molecule has 5 atom stereocenters. The van der Waals surface area contributed by atoms with Crippen LogP contribution in [0.5, 0.6) is 0 Å². The lowest BCUT2D eigenvalue weighted by molar-refractivity contribution is -0.145. The van der Waals surface area contributed by atoms with E-state index in [1.807, 2.05) is 6.07 Å². The number of carbonyl (C=O) groups excluding carboxylic acids is 1. The van der Waals surface area contributed by atoms with Gasteiger partial charge in [-0.3, -0.25) is 9.69 Å². The van der Waals surface area contributed by atoms with Crippen molar-refractivity contribution in [2.45, 2.75) is 52.6 Å². The lowest BCUT2D eigenvalue weighted by Gasteiger charge is -2.46. The Kier molecular flexibility index (Phi) is 5.58. The minimum absolute atomic E-state index is 0.0179. The maximum atomic E-state index is 12.9. The van der Waals surface area contributed by atoms with Gasteiger partial charge in [0.15, 0.2) is 0 Å². The van der Waals surface area contributed by atoms with Gasteiger partial charge in [-0.05, 0) is 55.2 Å². The van der Waals surface area contributed by atoms with Crippen LogP contribution in [0.2, 0.25) is 5.02 Å². The Morgan fingerprint density at radius 3 is 2.77 bits per heavy atom. The fraction of sp³-hybridized carbons (Fsp3) is 0.654. The first kappa shape index (κ1) is 21.3. The van der Waals surface area contributed by atoms with Crippen LogP contribution in [0.4, 0.5) is 5.69 Å². The molecule has 0 spiro atoms. The van der Waals surface area contributed by atoms with Gasteiger partial charge in [0.25, 0.3) is 0 Å². The van der Waals surface area contributed by atoms with Crippen LogP contribution in [0.1, 0.15) is 45.1 Å². The first-order valence-electron chi connectivity index (χ1n) is 12.0. The number of ether oxygens (including phenoxy) is 1. The fourth-order valence-electron chi connectivity index (χ4n) is 6.63. The van der Waals surface area contributed by atoms with E-state index in [1.165, 1.54) is 30.5 Å². The third-order valence-electron chi connectivity index (χ3n) is 8.42. The SMILES string of the molecule is Cc1ccc(Cl)cc1N1CCN(C[C@@H]2C(=O)O[C@@H]3C[C@]4(C)CCC[C@@H](C)C4=C[C@@H]23)CC1. The normalized spacial score (nSPS) is 35.9. The van der Waals surface area contributed by atoms with Gasteiger partial charge in [-0.1, -0.05) is 49.6 Å². The summed E-state index contributed by atoms with van der Waals surface area (Å²) in [7, 11) is 0. The number of aryl methyl sites for hydroxylation is 1. The minimum Gasteiger partial charge on any atom is -0.461 e. The molecule has 2 heterocycles. The molecule has 1 saturated carbocycles. The van der Waals surface area contributed by atoms with Crippen molar-refractivity contribution < 1.29 is 9.53 Å². The van der Waals surface area contributed by atoms with E-state index in [1.54, 1.807) is 5.57 Å². The Labute approximate surface area is 191 Å². The number of piperazine rings is 1. The molecule has 0 aromatic heterocycles. The summed E-state index contributed by atoms with van der Waals surface area (Å²) in [6.07, 6.45) is 7.37. The highest BCUT2D eigenvalue weighted by molar-refractivity contribution is 6.30. The van der Waals surface area contributed by atoms with E-state index in [2.05, 4.69) is 48.8 Å². The predicted molar refractivity (Wildman–Crippen MR) is 126 cm³/mol. The Morgan fingerprint density at radius 1 is 1.23 bits per heavy atom. The van der Waals surface area contributed by atoms with Gasteiger partial charge in [0.2, 0.25) is 0 Å². The molecule has 0 radical (unpaired) electrons.